The predicted octanol–water partition coefficient (Wildman–Crippen LogP) is 2.27. The van der Waals surface area contributed by atoms with Gasteiger partial charge in [0.25, 0.3) is 17.5 Å². The van der Waals surface area contributed by atoms with Crippen LogP contribution in [0.15, 0.2) is 18.2 Å². The van der Waals surface area contributed by atoms with Gasteiger partial charge in [-0.3, -0.25) is 25.1 Å². The second-order valence-corrected chi connectivity index (χ2v) is 9.45. The maximum absolute atomic E-state index is 12.9. The van der Waals surface area contributed by atoms with Crippen LogP contribution in [0.4, 0.5) is 16.2 Å². The minimum atomic E-state index is -1.01. The average molecular weight is 488 g/mol. The molecule has 1 aromatic rings. The van der Waals surface area contributed by atoms with Crippen LogP contribution >= 0.6 is 0 Å². The van der Waals surface area contributed by atoms with Gasteiger partial charge in [-0.1, -0.05) is 6.92 Å². The van der Waals surface area contributed by atoms with E-state index in [2.05, 4.69) is 17.7 Å². The van der Waals surface area contributed by atoms with Gasteiger partial charge < -0.3 is 15.0 Å². The van der Waals surface area contributed by atoms with Gasteiger partial charge in [-0.2, -0.15) is 5.01 Å². The molecule has 0 aromatic heterocycles. The molecule has 4 rings (SSSR count). The van der Waals surface area contributed by atoms with Crippen LogP contribution in [0.5, 0.6) is 0 Å². The number of benzene rings is 1. The molecule has 2 heterocycles. The number of hydrogen-bond acceptors (Lipinski definition) is 8. The molecule has 1 aromatic carbocycles. The van der Waals surface area contributed by atoms with E-state index in [1.807, 2.05) is 4.90 Å². The van der Waals surface area contributed by atoms with E-state index in [0.29, 0.717) is 42.5 Å². The Balaban J connectivity index is 1.41. The molecule has 35 heavy (non-hydrogen) atoms. The molecule has 188 valence electrons. The Morgan fingerprint density at radius 3 is 2.54 bits per heavy atom. The average Bonchev–Trinajstić information content (AvgIpc) is 3.08. The number of nitro groups is 1. The summed E-state index contributed by atoms with van der Waals surface area (Å²) in [5.41, 5.74) is 1.42. The number of non-ortho nitro benzene ring substituents is 1. The molecule has 12 nitrogen and oxygen atoms in total. The maximum atomic E-state index is 12.9. The number of hydrazine groups is 1. The largest absolute Gasteiger partial charge is 0.452 e. The molecule has 2 N–H and O–H groups in total. The number of imide groups is 1. The summed E-state index contributed by atoms with van der Waals surface area (Å²) in [6, 6.07) is 3.25. The number of anilines is 1. The summed E-state index contributed by atoms with van der Waals surface area (Å²) in [4.78, 5) is 63.1. The minimum Gasteiger partial charge on any atom is -0.452 e. The third kappa shape index (κ3) is 5.05. The van der Waals surface area contributed by atoms with E-state index < -0.39 is 40.9 Å². The fourth-order valence-corrected chi connectivity index (χ4v) is 4.89. The summed E-state index contributed by atoms with van der Waals surface area (Å²) < 4.78 is 5.12. The Hall–Kier alpha value is -3.70. The first-order valence-corrected chi connectivity index (χ1v) is 11.9. The summed E-state index contributed by atoms with van der Waals surface area (Å²) in [5, 5.41) is 14.6. The van der Waals surface area contributed by atoms with Gasteiger partial charge in [0, 0.05) is 25.2 Å². The number of carbonyl (C=O) groups excluding carboxylic acids is 4. The third-order valence-corrected chi connectivity index (χ3v) is 6.97. The van der Waals surface area contributed by atoms with Crippen molar-refractivity contribution in [3.8, 4) is 0 Å². The van der Waals surface area contributed by atoms with Gasteiger partial charge in [0.2, 0.25) is 0 Å². The van der Waals surface area contributed by atoms with E-state index in [1.54, 1.807) is 0 Å². The molecular weight excluding hydrogens is 458 g/mol. The summed E-state index contributed by atoms with van der Waals surface area (Å²) in [7, 11) is 0. The zero-order valence-corrected chi connectivity index (χ0v) is 19.6. The van der Waals surface area contributed by atoms with Crippen LogP contribution in [-0.4, -0.2) is 59.0 Å². The lowest BCUT2D eigenvalue weighted by Crippen LogP contribution is -2.52. The standard InChI is InChI=1S/C23H29N5O7/c1-15-7-9-23(10-8-15)21(31)27(22(32)24-23)25-19(29)14-35-20(30)17-13-16(28(33)34)5-6-18(17)26-11-3-2-4-12-26/h5-6,13,15H,2-4,7-12,14H2,1H3,(H,24,32)(H,25,29). The number of rotatable bonds is 6. The van der Waals surface area contributed by atoms with Crippen molar-refractivity contribution in [2.24, 2.45) is 5.92 Å². The molecule has 0 bridgehead atoms. The number of nitro benzene ring substituents is 1. The third-order valence-electron chi connectivity index (χ3n) is 6.97. The summed E-state index contributed by atoms with van der Waals surface area (Å²) in [6.07, 6.45) is 5.48. The van der Waals surface area contributed by atoms with Gasteiger partial charge in [0.15, 0.2) is 6.61 Å². The highest BCUT2D eigenvalue weighted by Crippen LogP contribution is 2.35. The minimum absolute atomic E-state index is 0.0147. The molecule has 0 radical (unpaired) electrons. The van der Waals surface area contributed by atoms with E-state index in [9.17, 15) is 29.3 Å². The lowest BCUT2D eigenvalue weighted by molar-refractivity contribution is -0.384. The first kappa shape index (κ1) is 24.4. The number of urea groups is 1. The van der Waals surface area contributed by atoms with E-state index in [1.165, 1.54) is 12.1 Å². The van der Waals surface area contributed by atoms with Crippen molar-refractivity contribution in [3.05, 3.63) is 33.9 Å². The molecule has 1 saturated carbocycles. The molecule has 2 aliphatic heterocycles. The Morgan fingerprint density at radius 2 is 1.89 bits per heavy atom. The second kappa shape index (κ2) is 9.88. The number of amides is 4. The summed E-state index contributed by atoms with van der Waals surface area (Å²) in [6.45, 7) is 2.72. The molecule has 4 amide bonds. The molecule has 3 fully saturated rings. The van der Waals surface area contributed by atoms with Gasteiger partial charge in [-0.05, 0) is 56.9 Å². The number of piperidine rings is 1. The molecule has 3 aliphatic rings. The van der Waals surface area contributed by atoms with Gasteiger partial charge in [-0.25, -0.2) is 9.59 Å². The van der Waals surface area contributed by atoms with Crippen molar-refractivity contribution < 1.29 is 28.8 Å². The van der Waals surface area contributed by atoms with Gasteiger partial charge >= 0.3 is 12.0 Å². The van der Waals surface area contributed by atoms with E-state index >= 15 is 0 Å². The number of nitrogens with zero attached hydrogens (tertiary/aromatic N) is 3. The lowest BCUT2D eigenvalue weighted by Gasteiger charge is -2.33. The monoisotopic (exact) mass is 487 g/mol. The Bertz CT molecular complexity index is 1040. The quantitative estimate of drug-likeness (QED) is 0.268. The van der Waals surface area contributed by atoms with E-state index in [0.717, 1.165) is 38.2 Å². The van der Waals surface area contributed by atoms with Crippen LogP contribution in [0.2, 0.25) is 0 Å². The Kier molecular flexibility index (Phi) is 6.90. The highest BCUT2D eigenvalue weighted by molar-refractivity contribution is 6.08. The van der Waals surface area contributed by atoms with Crippen molar-refractivity contribution in [2.45, 2.75) is 57.4 Å². The van der Waals surface area contributed by atoms with Crippen LogP contribution < -0.4 is 15.6 Å². The number of esters is 1. The topological polar surface area (TPSA) is 151 Å². The normalized spacial score (nSPS) is 24.3. The van der Waals surface area contributed by atoms with Crippen LogP contribution in [0.1, 0.15) is 62.2 Å². The highest BCUT2D eigenvalue weighted by Gasteiger charge is 2.52. The SMILES string of the molecule is CC1CCC2(CC1)NC(=O)N(NC(=O)COC(=O)c1cc([N+](=O)[O-])ccc1N1CCCCC1)C2=O. The maximum Gasteiger partial charge on any atom is 0.344 e. The van der Waals surface area contributed by atoms with Crippen molar-refractivity contribution in [1.29, 1.82) is 0 Å². The Morgan fingerprint density at radius 1 is 1.20 bits per heavy atom. The fourth-order valence-electron chi connectivity index (χ4n) is 4.89. The van der Waals surface area contributed by atoms with Crippen LogP contribution in [0.25, 0.3) is 0 Å². The highest BCUT2D eigenvalue weighted by atomic mass is 16.6. The molecular formula is C23H29N5O7. The second-order valence-electron chi connectivity index (χ2n) is 9.45. The van der Waals surface area contributed by atoms with Crippen molar-refractivity contribution in [1.82, 2.24) is 15.8 Å². The summed E-state index contributed by atoms with van der Waals surface area (Å²) in [5.74, 6) is -1.84. The smallest absolute Gasteiger partial charge is 0.344 e. The molecule has 0 atom stereocenters. The van der Waals surface area contributed by atoms with E-state index in [-0.39, 0.29) is 11.3 Å². The number of nitrogens with one attached hydrogen (secondary N) is 2. The molecule has 2 saturated heterocycles. The predicted molar refractivity (Wildman–Crippen MR) is 123 cm³/mol. The van der Waals surface area contributed by atoms with Gasteiger partial charge in [0.05, 0.1) is 16.2 Å². The van der Waals surface area contributed by atoms with Crippen molar-refractivity contribution in [2.75, 3.05) is 24.6 Å². The molecule has 1 aliphatic carbocycles. The Labute approximate surface area is 202 Å². The van der Waals surface area contributed by atoms with Gasteiger partial charge in [0.1, 0.15) is 5.54 Å². The zero-order valence-electron chi connectivity index (χ0n) is 19.6. The number of carbonyl (C=O) groups is 4. The van der Waals surface area contributed by atoms with Crippen LogP contribution in [0.3, 0.4) is 0 Å². The summed E-state index contributed by atoms with van der Waals surface area (Å²) >= 11 is 0. The molecule has 0 unspecified atom stereocenters. The van der Waals surface area contributed by atoms with Crippen molar-refractivity contribution >= 4 is 35.2 Å². The molecule has 12 heteroatoms. The van der Waals surface area contributed by atoms with Gasteiger partial charge in [-0.15, -0.1) is 0 Å². The van der Waals surface area contributed by atoms with Crippen LogP contribution in [0, 0.1) is 16.0 Å². The van der Waals surface area contributed by atoms with E-state index in [4.69, 9.17) is 4.74 Å². The number of hydrogen-bond donors (Lipinski definition) is 2. The molecule has 1 spiro atoms. The lowest BCUT2D eigenvalue weighted by atomic mass is 9.77. The van der Waals surface area contributed by atoms with Crippen LogP contribution in [-0.2, 0) is 14.3 Å². The van der Waals surface area contributed by atoms with Crippen molar-refractivity contribution in [3.63, 3.8) is 0 Å². The first-order chi connectivity index (χ1) is 16.7. The zero-order chi connectivity index (χ0) is 25.2. The fraction of sp³-hybridized carbons (Fsp3) is 0.565. The number of ether oxygens (including phenoxy) is 1. The first-order valence-electron chi connectivity index (χ1n) is 11.9.